The molecule has 4 aliphatic rings. The van der Waals surface area contributed by atoms with Crippen LogP contribution in [0.1, 0.15) is 88.4 Å². The Bertz CT molecular complexity index is 806. The molecule has 0 radical (unpaired) electrons. The molecule has 6 atom stereocenters. The van der Waals surface area contributed by atoms with Gasteiger partial charge in [0.25, 0.3) is 5.91 Å². The first-order valence-electron chi connectivity index (χ1n) is 11.8. The zero-order valence-corrected chi connectivity index (χ0v) is 18.0. The van der Waals surface area contributed by atoms with E-state index in [1.54, 1.807) is 24.5 Å². The molecule has 156 valence electrons. The van der Waals surface area contributed by atoms with Crippen molar-refractivity contribution in [2.24, 2.45) is 39.6 Å². The van der Waals surface area contributed by atoms with Crippen LogP contribution in [0.3, 0.4) is 0 Å². The van der Waals surface area contributed by atoms with E-state index >= 15 is 0 Å². The second kappa shape index (κ2) is 7.21. The fourth-order valence-electron chi connectivity index (χ4n) is 7.95. The van der Waals surface area contributed by atoms with Gasteiger partial charge in [-0.15, -0.1) is 0 Å². The standard InChI is InChI=1S/C25H35N3O/c1-24-13-4-3-5-18(24)6-7-19-20-8-9-22(25(20,2)14-10-21(19)24)27-28-23(29)17-11-15-26-16-12-17/h11-12,15-16,18-21H,3-10,13-14H2,1-2H3,(H,28,29)/b27-22+/t18-,19+,20+,21+,24+,25+/m1/s1. The van der Waals surface area contributed by atoms with Gasteiger partial charge in [-0.05, 0) is 92.6 Å². The van der Waals surface area contributed by atoms with Crippen molar-refractivity contribution >= 4 is 11.6 Å². The normalized spacial score (nSPS) is 42.6. The van der Waals surface area contributed by atoms with Crippen molar-refractivity contribution in [3.63, 3.8) is 0 Å². The molecule has 4 fully saturated rings. The highest BCUT2D eigenvalue weighted by Gasteiger charge is 2.58. The van der Waals surface area contributed by atoms with Gasteiger partial charge in [0.1, 0.15) is 0 Å². The Morgan fingerprint density at radius 2 is 1.86 bits per heavy atom. The van der Waals surface area contributed by atoms with Gasteiger partial charge in [-0.25, -0.2) is 5.43 Å². The van der Waals surface area contributed by atoms with Gasteiger partial charge in [0.15, 0.2) is 0 Å². The summed E-state index contributed by atoms with van der Waals surface area (Å²) in [5.41, 5.74) is 5.45. The zero-order chi connectivity index (χ0) is 20.1. The van der Waals surface area contributed by atoms with Gasteiger partial charge in [0.05, 0.1) is 0 Å². The van der Waals surface area contributed by atoms with Crippen LogP contribution in [0.2, 0.25) is 0 Å². The van der Waals surface area contributed by atoms with E-state index in [1.165, 1.54) is 63.5 Å². The highest BCUT2D eigenvalue weighted by atomic mass is 16.2. The summed E-state index contributed by atoms with van der Waals surface area (Å²) in [6.07, 6.45) is 16.9. The average molecular weight is 394 g/mol. The van der Waals surface area contributed by atoms with E-state index in [0.29, 0.717) is 11.0 Å². The molecule has 4 aliphatic carbocycles. The summed E-state index contributed by atoms with van der Waals surface area (Å²) in [6, 6.07) is 3.48. The number of carbonyl (C=O) groups excluding carboxylic acids is 1. The van der Waals surface area contributed by atoms with Crippen molar-refractivity contribution in [3.05, 3.63) is 30.1 Å². The topological polar surface area (TPSA) is 54.4 Å². The highest BCUT2D eigenvalue weighted by Crippen LogP contribution is 2.65. The van der Waals surface area contributed by atoms with Crippen molar-refractivity contribution in [1.82, 2.24) is 10.4 Å². The summed E-state index contributed by atoms with van der Waals surface area (Å²) in [6.45, 7) is 5.07. The number of fused-ring (bicyclic) bond motifs is 5. The molecule has 5 rings (SSSR count). The second-order valence-corrected chi connectivity index (χ2v) is 10.6. The molecule has 1 aromatic heterocycles. The first-order valence-corrected chi connectivity index (χ1v) is 11.8. The molecule has 1 aromatic rings. The van der Waals surface area contributed by atoms with Crippen molar-refractivity contribution in [1.29, 1.82) is 0 Å². The van der Waals surface area contributed by atoms with Gasteiger partial charge in [0, 0.05) is 29.1 Å². The molecule has 0 spiro atoms. The Labute approximate surface area is 175 Å². The van der Waals surface area contributed by atoms with Crippen molar-refractivity contribution in [2.75, 3.05) is 0 Å². The van der Waals surface area contributed by atoms with E-state index in [0.717, 1.165) is 30.1 Å². The van der Waals surface area contributed by atoms with Gasteiger partial charge in [-0.3, -0.25) is 9.78 Å². The number of carbonyl (C=O) groups is 1. The Kier molecular flexibility index (Phi) is 4.79. The first kappa shape index (κ1) is 19.3. The van der Waals surface area contributed by atoms with Crippen molar-refractivity contribution < 1.29 is 4.79 Å². The third kappa shape index (κ3) is 3.05. The number of amides is 1. The Morgan fingerprint density at radius 3 is 2.69 bits per heavy atom. The first-order chi connectivity index (χ1) is 14.0. The molecular formula is C25H35N3O. The summed E-state index contributed by atoms with van der Waals surface area (Å²) in [7, 11) is 0. The van der Waals surface area contributed by atoms with Gasteiger partial charge in [-0.1, -0.05) is 26.7 Å². The summed E-state index contributed by atoms with van der Waals surface area (Å²) in [5, 5.41) is 4.69. The fourth-order valence-corrected chi connectivity index (χ4v) is 7.95. The third-order valence-electron chi connectivity index (χ3n) is 9.56. The summed E-state index contributed by atoms with van der Waals surface area (Å²) in [5.74, 6) is 3.35. The number of pyridine rings is 1. The van der Waals surface area contributed by atoms with E-state index in [-0.39, 0.29) is 11.3 Å². The van der Waals surface area contributed by atoms with E-state index in [1.807, 2.05) is 0 Å². The molecule has 1 heterocycles. The predicted octanol–water partition coefficient (Wildman–Crippen LogP) is 5.60. The van der Waals surface area contributed by atoms with Crippen LogP contribution in [0.15, 0.2) is 29.6 Å². The Morgan fingerprint density at radius 1 is 1.03 bits per heavy atom. The van der Waals surface area contributed by atoms with Crippen LogP contribution in [0.4, 0.5) is 0 Å². The average Bonchev–Trinajstić information content (AvgIpc) is 3.08. The third-order valence-corrected chi connectivity index (χ3v) is 9.56. The molecule has 0 aromatic carbocycles. The van der Waals surface area contributed by atoms with Gasteiger partial charge < -0.3 is 0 Å². The monoisotopic (exact) mass is 393 g/mol. The lowest BCUT2D eigenvalue weighted by Gasteiger charge is -2.59. The number of rotatable bonds is 2. The SMILES string of the molecule is C[C@]12CCCC[C@@H]1CC[C@@H]1[C@@H]2CC[C@]2(C)/C(=N/NC(=O)c3ccncc3)CC[C@@H]12. The quantitative estimate of drug-likeness (QED) is 0.665. The molecule has 29 heavy (non-hydrogen) atoms. The van der Waals surface area contributed by atoms with E-state index in [9.17, 15) is 4.79 Å². The minimum absolute atomic E-state index is 0.129. The zero-order valence-electron chi connectivity index (χ0n) is 18.0. The van der Waals surface area contributed by atoms with Gasteiger partial charge >= 0.3 is 0 Å². The minimum atomic E-state index is -0.129. The Hall–Kier alpha value is -1.71. The van der Waals surface area contributed by atoms with Crippen LogP contribution < -0.4 is 5.43 Å². The minimum Gasteiger partial charge on any atom is -0.267 e. The maximum atomic E-state index is 12.4. The smallest absolute Gasteiger partial charge is 0.267 e. The van der Waals surface area contributed by atoms with E-state index in [2.05, 4.69) is 29.4 Å². The molecule has 4 heteroatoms. The maximum Gasteiger partial charge on any atom is 0.271 e. The fraction of sp³-hybridized carbons (Fsp3) is 0.720. The van der Waals surface area contributed by atoms with Crippen LogP contribution in [0.25, 0.3) is 0 Å². The van der Waals surface area contributed by atoms with Crippen LogP contribution >= 0.6 is 0 Å². The van der Waals surface area contributed by atoms with Crippen LogP contribution in [-0.4, -0.2) is 16.6 Å². The van der Waals surface area contributed by atoms with Crippen LogP contribution in [-0.2, 0) is 0 Å². The largest absolute Gasteiger partial charge is 0.271 e. The van der Waals surface area contributed by atoms with E-state index < -0.39 is 0 Å². The van der Waals surface area contributed by atoms with Crippen LogP contribution in [0.5, 0.6) is 0 Å². The molecule has 0 bridgehead atoms. The lowest BCUT2D eigenvalue weighted by molar-refractivity contribution is -0.0936. The lowest BCUT2D eigenvalue weighted by atomic mass is 9.45. The molecular weight excluding hydrogens is 358 g/mol. The molecule has 1 amide bonds. The van der Waals surface area contributed by atoms with Crippen LogP contribution in [0, 0.1) is 34.5 Å². The maximum absolute atomic E-state index is 12.4. The molecule has 4 nitrogen and oxygen atoms in total. The molecule has 1 N–H and O–H groups in total. The van der Waals surface area contributed by atoms with Gasteiger partial charge in [-0.2, -0.15) is 5.10 Å². The summed E-state index contributed by atoms with van der Waals surface area (Å²) in [4.78, 5) is 16.4. The number of aromatic nitrogens is 1. The highest BCUT2D eigenvalue weighted by molar-refractivity contribution is 5.97. The number of hydrogen-bond donors (Lipinski definition) is 1. The predicted molar refractivity (Wildman–Crippen MR) is 115 cm³/mol. The van der Waals surface area contributed by atoms with Crippen molar-refractivity contribution in [3.8, 4) is 0 Å². The number of hydrazone groups is 1. The van der Waals surface area contributed by atoms with E-state index in [4.69, 9.17) is 0 Å². The van der Waals surface area contributed by atoms with Gasteiger partial charge in [0.2, 0.25) is 0 Å². The molecule has 4 saturated carbocycles. The number of nitrogens with zero attached hydrogens (tertiary/aromatic N) is 2. The number of hydrogen-bond acceptors (Lipinski definition) is 3. The molecule has 0 aliphatic heterocycles. The second-order valence-electron chi connectivity index (χ2n) is 10.6. The summed E-state index contributed by atoms with van der Waals surface area (Å²) < 4.78 is 0. The molecule has 0 saturated heterocycles. The molecule has 0 unspecified atom stereocenters. The summed E-state index contributed by atoms with van der Waals surface area (Å²) >= 11 is 0. The lowest BCUT2D eigenvalue weighted by Crippen LogP contribution is -2.52. The number of nitrogens with one attached hydrogen (secondary N) is 1. The Balaban J connectivity index is 1.34. The van der Waals surface area contributed by atoms with Crippen molar-refractivity contribution in [2.45, 2.75) is 78.1 Å².